The highest BCUT2D eigenvalue weighted by Gasteiger charge is 2.25. The molecule has 0 N–H and O–H groups in total. The van der Waals surface area contributed by atoms with E-state index in [1.165, 1.54) is 50.9 Å². The zero-order valence-electron chi connectivity index (χ0n) is 14.7. The van der Waals surface area contributed by atoms with Gasteiger partial charge in [-0.25, -0.2) is 8.42 Å². The van der Waals surface area contributed by atoms with Crippen LogP contribution in [0.3, 0.4) is 0 Å². The van der Waals surface area contributed by atoms with Crippen molar-refractivity contribution >= 4 is 33.2 Å². The van der Waals surface area contributed by atoms with Crippen molar-refractivity contribution in [2.75, 3.05) is 28.4 Å². The van der Waals surface area contributed by atoms with Crippen LogP contribution in [-0.2, 0) is 16.6 Å². The van der Waals surface area contributed by atoms with Crippen LogP contribution < -0.4 is 14.2 Å². The van der Waals surface area contributed by atoms with E-state index in [1.807, 2.05) is 0 Å². The fraction of sp³-hybridized carbons (Fsp3) is 0.294. The first-order chi connectivity index (χ1) is 12.2. The molecule has 0 saturated carbocycles. The van der Waals surface area contributed by atoms with Gasteiger partial charge in [-0.3, -0.25) is 0 Å². The van der Waals surface area contributed by atoms with E-state index in [-0.39, 0.29) is 21.5 Å². The summed E-state index contributed by atoms with van der Waals surface area (Å²) >= 11 is 12.0. The molecule has 0 saturated heterocycles. The van der Waals surface area contributed by atoms with Gasteiger partial charge in [0.25, 0.3) is 0 Å². The lowest BCUT2D eigenvalue weighted by Gasteiger charge is -2.20. The van der Waals surface area contributed by atoms with E-state index in [4.69, 9.17) is 37.4 Å². The Labute approximate surface area is 163 Å². The van der Waals surface area contributed by atoms with Crippen molar-refractivity contribution in [2.45, 2.75) is 11.4 Å². The first-order valence-corrected chi connectivity index (χ1v) is 9.64. The van der Waals surface area contributed by atoms with Gasteiger partial charge in [0.15, 0.2) is 11.5 Å². The summed E-state index contributed by atoms with van der Waals surface area (Å²) in [5.74, 6) is 1.31. The van der Waals surface area contributed by atoms with E-state index in [2.05, 4.69) is 0 Å². The number of nitrogens with zero attached hydrogens (tertiary/aromatic N) is 1. The van der Waals surface area contributed by atoms with E-state index < -0.39 is 10.0 Å². The second-order valence-electron chi connectivity index (χ2n) is 5.37. The average molecular weight is 420 g/mol. The first kappa shape index (κ1) is 20.6. The van der Waals surface area contributed by atoms with Crippen LogP contribution in [0.25, 0.3) is 0 Å². The molecule has 0 unspecified atom stereocenters. The summed E-state index contributed by atoms with van der Waals surface area (Å²) in [7, 11) is 2.10. The summed E-state index contributed by atoms with van der Waals surface area (Å²) in [6.45, 7) is 0.0713. The molecule has 0 heterocycles. The summed E-state index contributed by atoms with van der Waals surface area (Å²) < 4.78 is 42.7. The van der Waals surface area contributed by atoms with Crippen molar-refractivity contribution < 1.29 is 22.6 Å². The summed E-state index contributed by atoms with van der Waals surface area (Å²) in [4.78, 5) is -0.0541. The molecule has 0 fully saturated rings. The molecule has 9 heteroatoms. The molecule has 6 nitrogen and oxygen atoms in total. The molecule has 2 aromatic rings. The van der Waals surface area contributed by atoms with Crippen molar-refractivity contribution in [3.8, 4) is 17.2 Å². The Hall–Kier alpha value is -1.67. The van der Waals surface area contributed by atoms with Gasteiger partial charge in [-0.1, -0.05) is 23.2 Å². The number of rotatable bonds is 7. The zero-order chi connectivity index (χ0) is 19.5. The van der Waals surface area contributed by atoms with Gasteiger partial charge in [0.2, 0.25) is 15.8 Å². The second kappa shape index (κ2) is 8.35. The monoisotopic (exact) mass is 419 g/mol. The van der Waals surface area contributed by atoms with Crippen LogP contribution >= 0.6 is 23.2 Å². The predicted molar refractivity (Wildman–Crippen MR) is 101 cm³/mol. The molecule has 0 aliphatic carbocycles. The lowest BCUT2D eigenvalue weighted by atomic mass is 10.2. The first-order valence-electron chi connectivity index (χ1n) is 7.44. The number of hydrogen-bond donors (Lipinski definition) is 0. The number of methoxy groups -OCH3 is 3. The van der Waals surface area contributed by atoms with Crippen molar-refractivity contribution in [1.82, 2.24) is 4.31 Å². The summed E-state index contributed by atoms with van der Waals surface area (Å²) in [5, 5.41) is 0.389. The van der Waals surface area contributed by atoms with Crippen LogP contribution in [0.2, 0.25) is 10.0 Å². The highest BCUT2D eigenvalue weighted by Crippen LogP contribution is 2.38. The van der Waals surface area contributed by atoms with Gasteiger partial charge in [0.05, 0.1) is 26.4 Å². The molecule has 0 atom stereocenters. The van der Waals surface area contributed by atoms with Crippen LogP contribution in [0, 0.1) is 0 Å². The van der Waals surface area contributed by atoms with Gasteiger partial charge >= 0.3 is 0 Å². The molecule has 2 rings (SSSR count). The van der Waals surface area contributed by atoms with Gasteiger partial charge in [-0.15, -0.1) is 0 Å². The van der Waals surface area contributed by atoms with Crippen LogP contribution in [-0.4, -0.2) is 41.1 Å². The minimum atomic E-state index is -3.84. The second-order valence-corrected chi connectivity index (χ2v) is 8.23. The highest BCUT2D eigenvalue weighted by atomic mass is 35.5. The molecular weight excluding hydrogens is 401 g/mol. The molecule has 0 spiro atoms. The maximum Gasteiger partial charge on any atom is 0.244 e. The maximum atomic E-state index is 12.8. The lowest BCUT2D eigenvalue weighted by Crippen LogP contribution is -2.26. The van der Waals surface area contributed by atoms with E-state index in [0.717, 1.165) is 0 Å². The number of halogens is 2. The van der Waals surface area contributed by atoms with Crippen LogP contribution in [0.5, 0.6) is 17.2 Å². The van der Waals surface area contributed by atoms with Gasteiger partial charge in [-0.05, 0) is 35.9 Å². The quantitative estimate of drug-likeness (QED) is 0.681. The number of hydrogen-bond acceptors (Lipinski definition) is 5. The SMILES string of the molecule is COc1cc(CN(C)S(=O)(=O)c2cc(Cl)ccc2Cl)cc(OC)c1OC. The van der Waals surface area contributed by atoms with Crippen LogP contribution in [0.1, 0.15) is 5.56 Å². The number of benzene rings is 2. The summed E-state index contributed by atoms with van der Waals surface area (Å²) in [6.07, 6.45) is 0. The predicted octanol–water partition coefficient (Wildman–Crippen LogP) is 3.84. The average Bonchev–Trinajstić information content (AvgIpc) is 2.62. The number of ether oxygens (including phenoxy) is 3. The third-order valence-electron chi connectivity index (χ3n) is 3.71. The molecule has 0 aromatic heterocycles. The molecule has 142 valence electrons. The molecule has 2 aromatic carbocycles. The van der Waals surface area contributed by atoms with Gasteiger partial charge in [0, 0.05) is 18.6 Å². The molecule has 0 aliphatic rings. The standard InChI is InChI=1S/C17H19Cl2NO5S/c1-20(26(21,22)16-9-12(18)5-6-13(16)19)10-11-7-14(23-2)17(25-4)15(8-11)24-3/h5-9H,10H2,1-4H3. The molecule has 0 bridgehead atoms. The van der Waals surface area contributed by atoms with Gasteiger partial charge in [-0.2, -0.15) is 4.31 Å². The van der Waals surface area contributed by atoms with Crippen molar-refractivity contribution in [2.24, 2.45) is 0 Å². The highest BCUT2D eigenvalue weighted by molar-refractivity contribution is 7.89. The topological polar surface area (TPSA) is 65.1 Å². The van der Waals surface area contributed by atoms with Gasteiger partial charge < -0.3 is 14.2 Å². The summed E-state index contributed by atoms with van der Waals surface area (Å²) in [6, 6.07) is 7.68. The normalized spacial score (nSPS) is 11.5. The van der Waals surface area contributed by atoms with Crippen molar-refractivity contribution in [3.05, 3.63) is 45.9 Å². The van der Waals surface area contributed by atoms with Crippen LogP contribution in [0.4, 0.5) is 0 Å². The largest absolute Gasteiger partial charge is 0.493 e. The van der Waals surface area contributed by atoms with E-state index in [1.54, 1.807) is 12.1 Å². The Morgan fingerprint density at radius 1 is 0.962 bits per heavy atom. The minimum Gasteiger partial charge on any atom is -0.493 e. The number of sulfonamides is 1. The smallest absolute Gasteiger partial charge is 0.244 e. The Kier molecular flexibility index (Phi) is 6.63. The molecule has 0 radical (unpaired) electrons. The fourth-order valence-electron chi connectivity index (χ4n) is 2.41. The van der Waals surface area contributed by atoms with E-state index >= 15 is 0 Å². The molecule has 0 amide bonds. The van der Waals surface area contributed by atoms with E-state index in [9.17, 15) is 8.42 Å². The van der Waals surface area contributed by atoms with E-state index in [0.29, 0.717) is 22.8 Å². The van der Waals surface area contributed by atoms with Crippen molar-refractivity contribution in [3.63, 3.8) is 0 Å². The third-order valence-corrected chi connectivity index (χ3v) is 6.23. The Bertz CT molecular complexity index is 877. The Morgan fingerprint density at radius 3 is 2.04 bits per heavy atom. The third kappa shape index (κ3) is 4.17. The molecule has 0 aliphatic heterocycles. The maximum absolute atomic E-state index is 12.8. The zero-order valence-corrected chi connectivity index (χ0v) is 17.1. The Balaban J connectivity index is 2.40. The molecular formula is C17H19Cl2NO5S. The fourth-order valence-corrected chi connectivity index (χ4v) is 4.30. The molecule has 26 heavy (non-hydrogen) atoms. The van der Waals surface area contributed by atoms with Gasteiger partial charge in [0.1, 0.15) is 4.90 Å². The summed E-state index contributed by atoms with van der Waals surface area (Å²) in [5.41, 5.74) is 0.656. The lowest BCUT2D eigenvalue weighted by molar-refractivity contribution is 0.323. The van der Waals surface area contributed by atoms with Crippen LogP contribution in [0.15, 0.2) is 35.2 Å². The van der Waals surface area contributed by atoms with Crippen molar-refractivity contribution in [1.29, 1.82) is 0 Å². The minimum absolute atomic E-state index is 0.0541. The Morgan fingerprint density at radius 2 is 1.54 bits per heavy atom.